The average molecular weight is 575 g/mol. The lowest BCUT2D eigenvalue weighted by Gasteiger charge is -2.09. The fourth-order valence-corrected chi connectivity index (χ4v) is 5.97. The Labute approximate surface area is 259 Å². The SMILES string of the molecule is [C-]#[N+]c1ccc(-c2nc(-c3ccc([N+]#[C-])cc3)nc(-c3cc(-n4c5ccccc5c5ccccc54)c4cccccc3-4)n2)cc1. The van der Waals surface area contributed by atoms with E-state index < -0.39 is 0 Å². The van der Waals surface area contributed by atoms with Crippen LogP contribution in [-0.2, 0) is 0 Å². The maximum absolute atomic E-state index is 7.36. The van der Waals surface area contributed by atoms with Crippen LogP contribution in [0.3, 0.4) is 0 Å². The number of rotatable bonds is 4. The predicted molar refractivity (Wildman–Crippen MR) is 180 cm³/mol. The van der Waals surface area contributed by atoms with Gasteiger partial charge in [-0.2, -0.15) is 0 Å². The second-order valence-electron chi connectivity index (χ2n) is 10.7. The first kappa shape index (κ1) is 26.0. The van der Waals surface area contributed by atoms with E-state index in [1.807, 2.05) is 36.4 Å². The molecule has 6 heteroatoms. The number of nitrogens with zero attached hydrogens (tertiary/aromatic N) is 6. The van der Waals surface area contributed by atoms with Crippen LogP contribution >= 0.6 is 0 Å². The van der Waals surface area contributed by atoms with Gasteiger partial charge >= 0.3 is 0 Å². The summed E-state index contributed by atoms with van der Waals surface area (Å²) in [6, 6.07) is 44.1. The van der Waals surface area contributed by atoms with E-state index in [1.165, 1.54) is 10.8 Å². The van der Waals surface area contributed by atoms with Gasteiger partial charge in [-0.1, -0.05) is 115 Å². The van der Waals surface area contributed by atoms with Crippen LogP contribution in [0.15, 0.2) is 133 Å². The minimum absolute atomic E-state index is 0.508. The van der Waals surface area contributed by atoms with Crippen molar-refractivity contribution in [2.45, 2.75) is 0 Å². The van der Waals surface area contributed by atoms with Gasteiger partial charge in [0.2, 0.25) is 0 Å². The minimum Gasteiger partial charge on any atom is -0.309 e. The summed E-state index contributed by atoms with van der Waals surface area (Å²) in [4.78, 5) is 22.0. The Balaban J connectivity index is 1.40. The van der Waals surface area contributed by atoms with Gasteiger partial charge in [0.1, 0.15) is 0 Å². The van der Waals surface area contributed by atoms with Crippen LogP contribution in [0.2, 0.25) is 0 Å². The molecule has 2 heterocycles. The van der Waals surface area contributed by atoms with E-state index in [4.69, 9.17) is 28.1 Å². The zero-order valence-corrected chi connectivity index (χ0v) is 23.9. The Kier molecular flexibility index (Phi) is 6.12. The lowest BCUT2D eigenvalue weighted by atomic mass is 10.1. The molecule has 0 fully saturated rings. The van der Waals surface area contributed by atoms with Crippen LogP contribution in [0, 0.1) is 13.1 Å². The molecule has 6 nitrogen and oxygen atoms in total. The van der Waals surface area contributed by atoms with E-state index >= 15 is 0 Å². The predicted octanol–water partition coefficient (Wildman–Crippen LogP) is 10.2. The maximum Gasteiger partial charge on any atom is 0.187 e. The Morgan fingerprint density at radius 1 is 0.444 bits per heavy atom. The van der Waals surface area contributed by atoms with E-state index in [1.54, 1.807) is 24.3 Å². The van der Waals surface area contributed by atoms with Crippen molar-refractivity contribution in [3.63, 3.8) is 0 Å². The number of para-hydroxylation sites is 2. The summed E-state index contributed by atoms with van der Waals surface area (Å²) >= 11 is 0. The van der Waals surface area contributed by atoms with E-state index in [0.29, 0.717) is 28.8 Å². The molecule has 6 aromatic rings. The molecule has 2 aromatic heterocycles. The molecule has 0 bridgehead atoms. The Bertz CT molecular complexity index is 2310. The molecule has 0 N–H and O–H groups in total. The minimum atomic E-state index is 0.508. The fourth-order valence-electron chi connectivity index (χ4n) is 5.97. The van der Waals surface area contributed by atoms with Crippen LogP contribution in [-0.4, -0.2) is 19.5 Å². The monoisotopic (exact) mass is 574 g/mol. The maximum atomic E-state index is 7.36. The fraction of sp³-hybridized carbons (Fsp3) is 0. The van der Waals surface area contributed by atoms with Crippen molar-refractivity contribution in [3.8, 4) is 51.0 Å². The molecule has 0 spiro atoms. The molecule has 2 aliphatic carbocycles. The second kappa shape index (κ2) is 10.6. The highest BCUT2D eigenvalue weighted by molar-refractivity contribution is 6.10. The molecule has 2 aliphatic rings. The first-order valence-electron chi connectivity index (χ1n) is 14.4. The molecule has 8 rings (SSSR count). The number of benzene rings is 4. The van der Waals surface area contributed by atoms with Crippen LogP contribution in [0.1, 0.15) is 0 Å². The lowest BCUT2D eigenvalue weighted by Crippen LogP contribution is -2.00. The number of aromatic nitrogens is 4. The van der Waals surface area contributed by atoms with Gasteiger partial charge in [0, 0.05) is 33.0 Å². The third-order valence-electron chi connectivity index (χ3n) is 8.09. The molecule has 208 valence electrons. The van der Waals surface area contributed by atoms with Gasteiger partial charge in [0.15, 0.2) is 28.8 Å². The van der Waals surface area contributed by atoms with Crippen molar-refractivity contribution < 1.29 is 0 Å². The topological polar surface area (TPSA) is 52.3 Å². The third-order valence-corrected chi connectivity index (χ3v) is 8.09. The van der Waals surface area contributed by atoms with Crippen LogP contribution in [0.5, 0.6) is 0 Å². The summed E-state index contributed by atoms with van der Waals surface area (Å²) in [7, 11) is 0. The molecular weight excluding hydrogens is 552 g/mol. The summed E-state index contributed by atoms with van der Waals surface area (Å²) in [6.45, 7) is 14.7. The number of fused-ring (bicyclic) bond motifs is 4. The zero-order valence-electron chi connectivity index (χ0n) is 23.9. The summed E-state index contributed by atoms with van der Waals surface area (Å²) in [5.74, 6) is 1.56. The van der Waals surface area contributed by atoms with Gasteiger partial charge in [-0.05, 0) is 23.8 Å². The molecule has 0 unspecified atom stereocenters. The molecule has 4 aromatic carbocycles. The van der Waals surface area contributed by atoms with Gasteiger partial charge in [-0.3, -0.25) is 0 Å². The van der Waals surface area contributed by atoms with Crippen molar-refractivity contribution in [1.29, 1.82) is 0 Å². The zero-order chi connectivity index (χ0) is 30.3. The van der Waals surface area contributed by atoms with E-state index in [-0.39, 0.29) is 0 Å². The van der Waals surface area contributed by atoms with Gasteiger partial charge < -0.3 is 4.57 Å². The second-order valence-corrected chi connectivity index (χ2v) is 10.7. The molecular formula is C39H22N6. The molecule has 0 saturated carbocycles. The Hall–Kier alpha value is -6.63. The van der Waals surface area contributed by atoms with Gasteiger partial charge in [-0.25, -0.2) is 24.6 Å². The Morgan fingerprint density at radius 3 is 1.44 bits per heavy atom. The molecule has 0 saturated heterocycles. The van der Waals surface area contributed by atoms with E-state index in [0.717, 1.165) is 44.5 Å². The standard InChI is InChI=1S/C39H22N6/c1-40-27-20-16-25(17-21-27)37-42-38(26-18-22-28(41-2)23-19-26)44-39(43-37)33-24-36(30-11-5-3-4-10-29(30)33)45-34-14-8-6-12-31(34)32-13-7-9-15-35(32)45/h3-24H. The molecule has 0 atom stereocenters. The van der Waals surface area contributed by atoms with Crippen LogP contribution in [0.25, 0.3) is 82.5 Å². The van der Waals surface area contributed by atoms with Crippen molar-refractivity contribution >= 4 is 33.2 Å². The summed E-state index contributed by atoms with van der Waals surface area (Å²) in [5.41, 5.74) is 8.95. The lowest BCUT2D eigenvalue weighted by molar-refractivity contribution is 1.08. The van der Waals surface area contributed by atoms with E-state index in [2.05, 4.69) is 87.1 Å². The van der Waals surface area contributed by atoms with Crippen molar-refractivity contribution in [2.24, 2.45) is 0 Å². The molecule has 45 heavy (non-hydrogen) atoms. The summed E-state index contributed by atoms with van der Waals surface area (Å²) in [6.07, 6.45) is 0. The highest BCUT2D eigenvalue weighted by Gasteiger charge is 2.23. The highest BCUT2D eigenvalue weighted by atomic mass is 15.0. The average Bonchev–Trinajstić information content (AvgIpc) is 3.51. The van der Waals surface area contributed by atoms with Crippen molar-refractivity contribution in [1.82, 2.24) is 19.5 Å². The first-order chi connectivity index (χ1) is 22.2. The van der Waals surface area contributed by atoms with Crippen LogP contribution < -0.4 is 0 Å². The van der Waals surface area contributed by atoms with E-state index in [9.17, 15) is 0 Å². The third kappa shape index (κ3) is 4.38. The first-order valence-corrected chi connectivity index (χ1v) is 14.4. The molecule has 0 radical (unpaired) electrons. The molecule has 0 amide bonds. The van der Waals surface area contributed by atoms with Crippen molar-refractivity contribution in [2.75, 3.05) is 0 Å². The van der Waals surface area contributed by atoms with Gasteiger partial charge in [-0.15, -0.1) is 0 Å². The molecule has 0 aliphatic heterocycles. The Morgan fingerprint density at radius 2 is 0.911 bits per heavy atom. The highest BCUT2D eigenvalue weighted by Crippen LogP contribution is 2.43. The summed E-state index contributed by atoms with van der Waals surface area (Å²) in [5, 5.41) is 2.39. The van der Waals surface area contributed by atoms with Gasteiger partial charge in [0.25, 0.3) is 0 Å². The summed E-state index contributed by atoms with van der Waals surface area (Å²) < 4.78 is 2.33. The normalized spacial score (nSPS) is 11.1. The largest absolute Gasteiger partial charge is 0.309 e. The quantitative estimate of drug-likeness (QED) is 0.197. The van der Waals surface area contributed by atoms with Crippen LogP contribution in [0.4, 0.5) is 11.4 Å². The van der Waals surface area contributed by atoms with Crippen molar-refractivity contribution in [3.05, 3.63) is 156 Å². The number of hydrogen-bond donors (Lipinski definition) is 0. The smallest absolute Gasteiger partial charge is 0.187 e. The number of hydrogen-bond acceptors (Lipinski definition) is 3. The van der Waals surface area contributed by atoms with Gasteiger partial charge in [0.05, 0.1) is 29.9 Å².